The molecule has 2 aromatic heterocycles. The van der Waals surface area contributed by atoms with Crippen molar-refractivity contribution < 1.29 is 9.53 Å². The molecule has 3 rings (SSSR count). The van der Waals surface area contributed by atoms with Crippen LogP contribution < -0.4 is 10.9 Å². The van der Waals surface area contributed by atoms with Crippen molar-refractivity contribution in [3.05, 3.63) is 22.1 Å². The largest absolute Gasteiger partial charge is 0.453 e. The van der Waals surface area contributed by atoms with Gasteiger partial charge in [0, 0.05) is 30.9 Å². The van der Waals surface area contributed by atoms with Crippen molar-refractivity contribution in [2.45, 2.75) is 32.2 Å². The molecule has 0 saturated carbocycles. The van der Waals surface area contributed by atoms with Crippen LogP contribution in [-0.4, -0.2) is 51.8 Å². The third kappa shape index (κ3) is 3.29. The first-order chi connectivity index (χ1) is 11.1. The summed E-state index contributed by atoms with van der Waals surface area (Å²) in [5.74, 6) is 0. The van der Waals surface area contributed by atoms with E-state index in [1.165, 1.54) is 29.0 Å². The number of methoxy groups -OCH3 is 1. The fourth-order valence-corrected chi connectivity index (χ4v) is 3.56. The number of rotatable bonds is 3. The minimum atomic E-state index is -0.314. The molecule has 0 radical (unpaired) electrons. The van der Waals surface area contributed by atoms with Crippen LogP contribution in [0.1, 0.15) is 25.5 Å². The number of likely N-dealkylation sites (tertiary alicyclic amines) is 1. The first kappa shape index (κ1) is 15.7. The molecular formula is C14H19N5O3S. The quantitative estimate of drug-likeness (QED) is 0.909. The Morgan fingerprint density at radius 2 is 2.39 bits per heavy atom. The van der Waals surface area contributed by atoms with Crippen molar-refractivity contribution in [2.24, 2.45) is 0 Å². The Balaban J connectivity index is 1.77. The van der Waals surface area contributed by atoms with E-state index in [1.54, 1.807) is 4.90 Å². The first-order valence-corrected chi connectivity index (χ1v) is 8.41. The van der Waals surface area contributed by atoms with Gasteiger partial charge in [0.05, 0.1) is 7.11 Å². The second-order valence-corrected chi connectivity index (χ2v) is 6.40. The van der Waals surface area contributed by atoms with Gasteiger partial charge in [-0.05, 0) is 19.3 Å². The lowest BCUT2D eigenvalue weighted by molar-refractivity contribution is 0.113. The van der Waals surface area contributed by atoms with E-state index in [9.17, 15) is 9.59 Å². The zero-order valence-corrected chi connectivity index (χ0v) is 13.9. The number of carbonyl (C=O) groups excluding carboxylic acids is 1. The molecular weight excluding hydrogens is 318 g/mol. The molecule has 1 aliphatic rings. The highest BCUT2D eigenvalue weighted by Gasteiger charge is 2.24. The average Bonchev–Trinajstić information content (AvgIpc) is 2.97. The van der Waals surface area contributed by atoms with Gasteiger partial charge in [0.25, 0.3) is 5.56 Å². The number of nitrogens with zero attached hydrogens (tertiary/aromatic N) is 4. The minimum Gasteiger partial charge on any atom is -0.453 e. The normalized spacial score (nSPS) is 18.2. The monoisotopic (exact) mass is 337 g/mol. The number of ether oxygens (including phenoxy) is 1. The van der Waals surface area contributed by atoms with Crippen LogP contribution in [0.25, 0.3) is 4.96 Å². The van der Waals surface area contributed by atoms with Crippen LogP contribution in [0.3, 0.4) is 0 Å². The molecule has 23 heavy (non-hydrogen) atoms. The summed E-state index contributed by atoms with van der Waals surface area (Å²) in [6.07, 6.45) is 2.23. The average molecular weight is 337 g/mol. The van der Waals surface area contributed by atoms with Gasteiger partial charge in [0.15, 0.2) is 0 Å². The van der Waals surface area contributed by atoms with E-state index >= 15 is 0 Å². The number of hydrogen-bond acceptors (Lipinski definition) is 7. The van der Waals surface area contributed by atoms with Gasteiger partial charge in [-0.2, -0.15) is 4.52 Å². The van der Waals surface area contributed by atoms with Crippen molar-refractivity contribution in [2.75, 3.05) is 25.5 Å². The lowest BCUT2D eigenvalue weighted by atomic mass is 10.1. The second-order valence-electron chi connectivity index (χ2n) is 5.44. The van der Waals surface area contributed by atoms with Gasteiger partial charge in [-0.3, -0.25) is 4.79 Å². The molecule has 0 aliphatic carbocycles. The summed E-state index contributed by atoms with van der Waals surface area (Å²) in [5.41, 5.74) is 0.593. The number of aryl methyl sites for hydroxylation is 1. The third-order valence-electron chi connectivity index (χ3n) is 3.84. The molecule has 1 aliphatic heterocycles. The maximum absolute atomic E-state index is 12.0. The number of piperidine rings is 1. The van der Waals surface area contributed by atoms with E-state index in [-0.39, 0.29) is 17.7 Å². The van der Waals surface area contributed by atoms with Crippen molar-refractivity contribution in [1.29, 1.82) is 0 Å². The van der Waals surface area contributed by atoms with E-state index in [4.69, 9.17) is 4.74 Å². The molecule has 3 heterocycles. The fourth-order valence-electron chi connectivity index (χ4n) is 2.66. The molecule has 1 unspecified atom stereocenters. The first-order valence-electron chi connectivity index (χ1n) is 7.60. The standard InChI is InChI=1S/C14H19N5O3S/c1-3-9-7-11(20)19-13(16-9)23-12(17-19)15-10-5-4-6-18(8-10)14(21)22-2/h7,10H,3-6,8H2,1-2H3,(H,15,17). The van der Waals surface area contributed by atoms with Crippen molar-refractivity contribution in [1.82, 2.24) is 19.5 Å². The zero-order chi connectivity index (χ0) is 16.4. The van der Waals surface area contributed by atoms with Crippen LogP contribution in [0.4, 0.5) is 9.93 Å². The Morgan fingerprint density at radius 1 is 1.57 bits per heavy atom. The van der Waals surface area contributed by atoms with E-state index in [0.717, 1.165) is 18.5 Å². The molecule has 124 valence electrons. The summed E-state index contributed by atoms with van der Waals surface area (Å²) in [5, 5.41) is 8.23. The number of aromatic nitrogens is 3. The van der Waals surface area contributed by atoms with Gasteiger partial charge in [-0.25, -0.2) is 9.78 Å². The fraction of sp³-hybridized carbons (Fsp3) is 0.571. The van der Waals surface area contributed by atoms with Crippen LogP contribution in [-0.2, 0) is 11.2 Å². The molecule has 0 spiro atoms. The smallest absolute Gasteiger partial charge is 0.409 e. The highest BCUT2D eigenvalue weighted by Crippen LogP contribution is 2.21. The lowest BCUT2D eigenvalue weighted by Gasteiger charge is -2.31. The Labute approximate surface area is 137 Å². The molecule has 0 bridgehead atoms. The van der Waals surface area contributed by atoms with Crippen molar-refractivity contribution in [3.8, 4) is 0 Å². The summed E-state index contributed by atoms with van der Waals surface area (Å²) in [6.45, 7) is 3.22. The Morgan fingerprint density at radius 3 is 3.13 bits per heavy atom. The summed E-state index contributed by atoms with van der Waals surface area (Å²) < 4.78 is 6.08. The van der Waals surface area contributed by atoms with Crippen LogP contribution in [0, 0.1) is 0 Å². The third-order valence-corrected chi connectivity index (χ3v) is 4.68. The van der Waals surface area contributed by atoms with Gasteiger partial charge in [0.2, 0.25) is 10.1 Å². The molecule has 1 N–H and O–H groups in total. The maximum Gasteiger partial charge on any atom is 0.409 e. The number of anilines is 1. The molecule has 1 atom stereocenters. The molecule has 2 aromatic rings. The van der Waals surface area contributed by atoms with Gasteiger partial charge >= 0.3 is 6.09 Å². The van der Waals surface area contributed by atoms with E-state index in [1.807, 2.05) is 6.92 Å². The van der Waals surface area contributed by atoms with Gasteiger partial charge < -0.3 is 15.0 Å². The Hall–Kier alpha value is -2.16. The highest BCUT2D eigenvalue weighted by molar-refractivity contribution is 7.20. The SMILES string of the molecule is CCc1cc(=O)n2nc(NC3CCCN(C(=O)OC)C3)sc2n1. The molecule has 0 aromatic carbocycles. The van der Waals surface area contributed by atoms with Crippen LogP contribution >= 0.6 is 11.3 Å². The summed E-state index contributed by atoms with van der Waals surface area (Å²) in [6, 6.07) is 1.60. The number of nitrogens with one attached hydrogen (secondary N) is 1. The second kappa shape index (κ2) is 6.53. The van der Waals surface area contributed by atoms with Crippen LogP contribution in [0.15, 0.2) is 10.9 Å². The van der Waals surface area contributed by atoms with E-state index in [0.29, 0.717) is 29.6 Å². The number of hydrogen-bond donors (Lipinski definition) is 1. The number of amides is 1. The van der Waals surface area contributed by atoms with Crippen LogP contribution in [0.5, 0.6) is 0 Å². The van der Waals surface area contributed by atoms with Gasteiger partial charge in [-0.1, -0.05) is 18.3 Å². The highest BCUT2D eigenvalue weighted by atomic mass is 32.1. The zero-order valence-electron chi connectivity index (χ0n) is 13.1. The topological polar surface area (TPSA) is 88.8 Å². The van der Waals surface area contributed by atoms with Crippen molar-refractivity contribution >= 4 is 27.5 Å². The molecule has 1 amide bonds. The number of carbonyl (C=O) groups is 1. The Bertz CT molecular complexity index is 771. The maximum atomic E-state index is 12.0. The van der Waals surface area contributed by atoms with E-state index < -0.39 is 0 Å². The predicted octanol–water partition coefficient (Wildman–Crippen LogP) is 1.36. The van der Waals surface area contributed by atoms with Crippen molar-refractivity contribution in [3.63, 3.8) is 0 Å². The molecule has 9 heteroatoms. The summed E-state index contributed by atoms with van der Waals surface area (Å²) >= 11 is 1.34. The summed E-state index contributed by atoms with van der Waals surface area (Å²) in [7, 11) is 1.39. The summed E-state index contributed by atoms with van der Waals surface area (Å²) in [4.78, 5) is 30.3. The predicted molar refractivity (Wildman–Crippen MR) is 87.1 cm³/mol. The number of fused-ring (bicyclic) bond motifs is 1. The van der Waals surface area contributed by atoms with Crippen LogP contribution in [0.2, 0.25) is 0 Å². The molecule has 1 fully saturated rings. The molecule has 1 saturated heterocycles. The lowest BCUT2D eigenvalue weighted by Crippen LogP contribution is -2.45. The Kier molecular flexibility index (Phi) is 4.46. The van der Waals surface area contributed by atoms with Gasteiger partial charge in [0.1, 0.15) is 0 Å². The van der Waals surface area contributed by atoms with E-state index in [2.05, 4.69) is 15.4 Å². The van der Waals surface area contributed by atoms with Gasteiger partial charge in [-0.15, -0.1) is 5.10 Å². The molecule has 8 nitrogen and oxygen atoms in total. The minimum absolute atomic E-state index is 0.0877.